The molecule has 12 heavy (non-hydrogen) atoms. The number of sulfone groups is 1. The summed E-state index contributed by atoms with van der Waals surface area (Å²) in [6, 6.07) is 0. The van der Waals surface area contributed by atoms with Crippen molar-refractivity contribution in [2.45, 2.75) is 5.60 Å². The number of methoxy groups -OCH3 is 1. The first kappa shape index (κ1) is 9.38. The summed E-state index contributed by atoms with van der Waals surface area (Å²) in [5.41, 5.74) is -0.768. The SMILES string of the molecule is COC1(CN=C=O)CS(=O)(=O)C1. The lowest BCUT2D eigenvalue weighted by Gasteiger charge is -2.37. The topological polar surface area (TPSA) is 72.8 Å². The van der Waals surface area contributed by atoms with E-state index in [9.17, 15) is 13.2 Å². The van der Waals surface area contributed by atoms with Crippen molar-refractivity contribution in [3.05, 3.63) is 0 Å². The predicted octanol–water partition coefficient (Wildman–Crippen LogP) is -0.864. The molecular weight excluding hydrogens is 182 g/mol. The minimum absolute atomic E-state index is 0.0539. The second-order valence-corrected chi connectivity index (χ2v) is 4.89. The van der Waals surface area contributed by atoms with Crippen molar-refractivity contribution in [1.82, 2.24) is 0 Å². The number of rotatable bonds is 3. The van der Waals surface area contributed by atoms with Gasteiger partial charge in [-0.15, -0.1) is 0 Å². The van der Waals surface area contributed by atoms with Crippen LogP contribution < -0.4 is 0 Å². The second kappa shape index (κ2) is 2.97. The van der Waals surface area contributed by atoms with Gasteiger partial charge in [-0.3, -0.25) is 0 Å². The maximum Gasteiger partial charge on any atom is 0.235 e. The Morgan fingerprint density at radius 1 is 1.58 bits per heavy atom. The molecule has 1 saturated heterocycles. The molecule has 0 spiro atoms. The third-order valence-corrected chi connectivity index (χ3v) is 3.76. The molecule has 0 atom stereocenters. The predicted molar refractivity (Wildman–Crippen MR) is 41.4 cm³/mol. The maximum absolute atomic E-state index is 10.8. The van der Waals surface area contributed by atoms with Crippen molar-refractivity contribution >= 4 is 15.9 Å². The fraction of sp³-hybridized carbons (Fsp3) is 0.833. The molecule has 1 heterocycles. The molecule has 0 amide bonds. The Morgan fingerprint density at radius 2 is 2.17 bits per heavy atom. The van der Waals surface area contributed by atoms with Gasteiger partial charge in [-0.25, -0.2) is 18.2 Å². The molecule has 0 N–H and O–H groups in total. The smallest absolute Gasteiger partial charge is 0.235 e. The van der Waals surface area contributed by atoms with Crippen LogP contribution in [0.1, 0.15) is 0 Å². The van der Waals surface area contributed by atoms with Gasteiger partial charge in [-0.05, 0) is 0 Å². The van der Waals surface area contributed by atoms with Gasteiger partial charge in [0.25, 0.3) is 0 Å². The van der Waals surface area contributed by atoms with Gasteiger partial charge in [0.2, 0.25) is 6.08 Å². The lowest BCUT2D eigenvalue weighted by atomic mass is 10.1. The molecule has 0 saturated carbocycles. The van der Waals surface area contributed by atoms with Crippen molar-refractivity contribution < 1.29 is 17.9 Å². The summed E-state index contributed by atoms with van der Waals surface area (Å²) in [5, 5.41) is 0. The number of ether oxygens (including phenoxy) is 1. The van der Waals surface area contributed by atoms with Crippen LogP contribution in [0.3, 0.4) is 0 Å². The average molecular weight is 191 g/mol. The molecule has 1 aliphatic rings. The van der Waals surface area contributed by atoms with Gasteiger partial charge in [0.05, 0.1) is 18.1 Å². The van der Waals surface area contributed by atoms with E-state index in [0.717, 1.165) is 0 Å². The van der Waals surface area contributed by atoms with Crippen LogP contribution in [-0.4, -0.2) is 45.3 Å². The van der Waals surface area contributed by atoms with E-state index in [1.165, 1.54) is 13.2 Å². The Bertz CT molecular complexity index is 302. The number of isocyanates is 1. The Hall–Kier alpha value is -0.710. The molecule has 0 bridgehead atoms. The third kappa shape index (κ3) is 1.72. The molecule has 6 heteroatoms. The number of hydrogen-bond acceptors (Lipinski definition) is 5. The average Bonchev–Trinajstić information content (AvgIpc) is 1.96. The Balaban J connectivity index is 2.64. The van der Waals surface area contributed by atoms with Gasteiger partial charge in [0.1, 0.15) is 5.60 Å². The molecule has 5 nitrogen and oxygen atoms in total. The first-order chi connectivity index (χ1) is 5.54. The van der Waals surface area contributed by atoms with E-state index < -0.39 is 15.4 Å². The fourth-order valence-corrected chi connectivity index (χ4v) is 3.15. The van der Waals surface area contributed by atoms with Crippen molar-refractivity contribution in [2.24, 2.45) is 4.99 Å². The zero-order valence-electron chi connectivity index (χ0n) is 6.61. The summed E-state index contributed by atoms with van der Waals surface area (Å²) in [5.74, 6) is -0.108. The van der Waals surface area contributed by atoms with Crippen molar-refractivity contribution in [3.8, 4) is 0 Å². The molecule has 0 aromatic heterocycles. The molecule has 0 aliphatic carbocycles. The van der Waals surface area contributed by atoms with E-state index in [-0.39, 0.29) is 18.1 Å². The summed E-state index contributed by atoms with van der Waals surface area (Å²) < 4.78 is 26.6. The van der Waals surface area contributed by atoms with Crippen molar-refractivity contribution in [2.75, 3.05) is 25.2 Å². The maximum atomic E-state index is 10.8. The molecule has 68 valence electrons. The Labute approximate surface area is 70.4 Å². The van der Waals surface area contributed by atoms with E-state index in [2.05, 4.69) is 4.99 Å². The fourth-order valence-electron chi connectivity index (χ4n) is 1.21. The normalized spacial score (nSPS) is 23.8. The highest BCUT2D eigenvalue weighted by molar-refractivity contribution is 7.93. The number of nitrogens with zero attached hydrogens (tertiary/aromatic N) is 1. The first-order valence-corrected chi connectivity index (χ1v) is 5.15. The number of carbonyl (C=O) groups excluding carboxylic acids is 1. The quantitative estimate of drug-likeness (QED) is 0.429. The lowest BCUT2D eigenvalue weighted by molar-refractivity contribution is 0.0242. The van der Waals surface area contributed by atoms with Crippen molar-refractivity contribution in [1.29, 1.82) is 0 Å². The summed E-state index contributed by atoms with van der Waals surface area (Å²) in [7, 11) is -1.53. The van der Waals surface area contributed by atoms with Crippen LogP contribution in [0.15, 0.2) is 4.99 Å². The molecule has 1 aliphatic heterocycles. The van der Waals surface area contributed by atoms with Crippen LogP contribution >= 0.6 is 0 Å². The zero-order chi connectivity index (χ0) is 9.24. The van der Waals surface area contributed by atoms with Gasteiger partial charge in [-0.2, -0.15) is 0 Å². The second-order valence-electron chi connectivity index (χ2n) is 2.83. The molecule has 1 rings (SSSR count). The zero-order valence-corrected chi connectivity index (χ0v) is 7.43. The molecule has 0 aromatic carbocycles. The van der Waals surface area contributed by atoms with E-state index in [0.29, 0.717) is 0 Å². The van der Waals surface area contributed by atoms with Crippen LogP contribution in [0, 0.1) is 0 Å². The highest BCUT2D eigenvalue weighted by Crippen LogP contribution is 2.27. The van der Waals surface area contributed by atoms with E-state index in [1.807, 2.05) is 0 Å². The largest absolute Gasteiger partial charge is 0.374 e. The summed E-state index contributed by atoms with van der Waals surface area (Å²) in [6.45, 7) is 0.0756. The van der Waals surface area contributed by atoms with Gasteiger partial charge in [-0.1, -0.05) is 0 Å². The standard InChI is InChI=1S/C6H9NO4S/c1-11-6(2-7-5-8)3-12(9,10)4-6/h2-4H2,1H3. The minimum Gasteiger partial charge on any atom is -0.374 e. The molecular formula is C6H9NO4S. The van der Waals surface area contributed by atoms with Crippen LogP contribution in [0.2, 0.25) is 0 Å². The lowest BCUT2D eigenvalue weighted by Crippen LogP contribution is -2.58. The van der Waals surface area contributed by atoms with Gasteiger partial charge < -0.3 is 4.74 Å². The molecule has 0 unspecified atom stereocenters. The molecule has 0 aromatic rings. The highest BCUT2D eigenvalue weighted by Gasteiger charge is 2.49. The van der Waals surface area contributed by atoms with Crippen LogP contribution in [0.5, 0.6) is 0 Å². The molecule has 1 fully saturated rings. The van der Waals surface area contributed by atoms with Gasteiger partial charge >= 0.3 is 0 Å². The summed E-state index contributed by atoms with van der Waals surface area (Å²) in [4.78, 5) is 13.1. The minimum atomic E-state index is -2.95. The Kier molecular flexibility index (Phi) is 2.32. The highest BCUT2D eigenvalue weighted by atomic mass is 32.2. The number of aliphatic imine (C=N–C) groups is 1. The van der Waals surface area contributed by atoms with E-state index >= 15 is 0 Å². The Morgan fingerprint density at radius 3 is 2.50 bits per heavy atom. The van der Waals surface area contributed by atoms with E-state index in [4.69, 9.17) is 4.74 Å². The van der Waals surface area contributed by atoms with Crippen molar-refractivity contribution in [3.63, 3.8) is 0 Å². The number of hydrogen-bond donors (Lipinski definition) is 0. The monoisotopic (exact) mass is 191 g/mol. The third-order valence-electron chi connectivity index (χ3n) is 1.83. The van der Waals surface area contributed by atoms with Crippen LogP contribution in [-0.2, 0) is 19.4 Å². The van der Waals surface area contributed by atoms with E-state index in [1.54, 1.807) is 0 Å². The first-order valence-electron chi connectivity index (χ1n) is 3.33. The summed E-state index contributed by atoms with van der Waals surface area (Å²) >= 11 is 0. The van der Waals surface area contributed by atoms with Crippen LogP contribution in [0.25, 0.3) is 0 Å². The van der Waals surface area contributed by atoms with Gasteiger partial charge in [0.15, 0.2) is 9.84 Å². The van der Waals surface area contributed by atoms with Gasteiger partial charge in [0, 0.05) is 7.11 Å². The van der Waals surface area contributed by atoms with Crippen LogP contribution in [0.4, 0.5) is 0 Å². The summed E-state index contributed by atoms with van der Waals surface area (Å²) in [6.07, 6.45) is 1.35. The molecule has 0 radical (unpaired) electrons.